The lowest BCUT2D eigenvalue weighted by atomic mass is 9.98. The van der Waals surface area contributed by atoms with Crippen LogP contribution in [0.3, 0.4) is 0 Å². The van der Waals surface area contributed by atoms with E-state index >= 15 is 0 Å². The van der Waals surface area contributed by atoms with E-state index in [1.54, 1.807) is 0 Å². The molecular weight excluding hydrogens is 306 g/mol. The molecule has 0 bridgehead atoms. The van der Waals surface area contributed by atoms with Gasteiger partial charge < -0.3 is 20.7 Å². The molecule has 4 atom stereocenters. The lowest BCUT2D eigenvalue weighted by Gasteiger charge is -2.23. The van der Waals surface area contributed by atoms with E-state index in [1.165, 1.54) is 17.2 Å². The van der Waals surface area contributed by atoms with Crippen molar-refractivity contribution in [2.75, 3.05) is 12.3 Å². The van der Waals surface area contributed by atoms with E-state index in [2.05, 4.69) is 25.0 Å². The van der Waals surface area contributed by atoms with E-state index in [0.717, 1.165) is 0 Å². The van der Waals surface area contributed by atoms with Crippen LogP contribution in [0, 0.1) is 17.2 Å². The van der Waals surface area contributed by atoms with Crippen LogP contribution in [0.4, 0.5) is 5.82 Å². The van der Waals surface area contributed by atoms with Crippen molar-refractivity contribution in [1.82, 2.24) is 19.5 Å². The number of hydrogen-bond acceptors (Lipinski definition) is 9. The molecule has 0 aliphatic carbocycles. The maximum atomic E-state index is 10.3. The number of aliphatic hydroxyl groups excluding tert-OH is 2. The topological polar surface area (TPSA) is 192 Å². The molecule has 0 amide bonds. The van der Waals surface area contributed by atoms with Gasteiger partial charge >= 0.3 is 0 Å². The summed E-state index contributed by atoms with van der Waals surface area (Å²) in [4.78, 5) is 14.5. The molecule has 1 aliphatic heterocycles. The first kappa shape index (κ1) is 14.9. The average molecular weight is 317 g/mol. The molecule has 1 aliphatic rings. The second-order valence-corrected chi connectivity index (χ2v) is 4.88. The van der Waals surface area contributed by atoms with E-state index in [0.29, 0.717) is 5.52 Å². The predicted octanol–water partition coefficient (Wildman–Crippen LogP) is -0.563. The van der Waals surface area contributed by atoms with Crippen LogP contribution in [-0.4, -0.2) is 48.2 Å². The number of rotatable bonds is 3. The molecule has 2 aromatic heterocycles. The SMILES string of the molecule is N#C[C@@H]1[C@H](n2cnc3c(N)ncnc32)O[C@@](CO)(N=[N+]=[N-])[C@H]1O. The largest absolute Gasteiger partial charge is 0.393 e. The van der Waals surface area contributed by atoms with Gasteiger partial charge in [-0.25, -0.2) is 15.0 Å². The fourth-order valence-corrected chi connectivity index (χ4v) is 2.53. The number of hydrogen-bond donors (Lipinski definition) is 3. The Morgan fingerprint density at radius 3 is 3.00 bits per heavy atom. The smallest absolute Gasteiger partial charge is 0.199 e. The third kappa shape index (κ3) is 2.04. The Balaban J connectivity index is 2.13. The van der Waals surface area contributed by atoms with Gasteiger partial charge in [0.25, 0.3) is 0 Å². The van der Waals surface area contributed by atoms with Crippen molar-refractivity contribution in [2.24, 2.45) is 11.0 Å². The zero-order valence-electron chi connectivity index (χ0n) is 11.6. The molecule has 0 aromatic carbocycles. The van der Waals surface area contributed by atoms with Crippen LogP contribution >= 0.6 is 0 Å². The lowest BCUT2D eigenvalue weighted by molar-refractivity contribution is -0.122. The Morgan fingerprint density at radius 2 is 2.35 bits per heavy atom. The summed E-state index contributed by atoms with van der Waals surface area (Å²) >= 11 is 0. The Hall–Kier alpha value is -2.97. The second-order valence-electron chi connectivity index (χ2n) is 4.88. The van der Waals surface area contributed by atoms with E-state index in [1.807, 2.05) is 6.07 Å². The van der Waals surface area contributed by atoms with E-state index in [-0.39, 0.29) is 11.5 Å². The van der Waals surface area contributed by atoms with Crippen molar-refractivity contribution in [3.8, 4) is 6.07 Å². The van der Waals surface area contributed by atoms with Gasteiger partial charge in [-0.3, -0.25) is 4.57 Å². The van der Waals surface area contributed by atoms with Crippen molar-refractivity contribution in [2.45, 2.75) is 18.1 Å². The molecule has 0 unspecified atom stereocenters. The first-order chi connectivity index (χ1) is 11.1. The van der Waals surface area contributed by atoms with E-state index < -0.39 is 30.6 Å². The van der Waals surface area contributed by atoms with Gasteiger partial charge in [0.1, 0.15) is 23.9 Å². The van der Waals surface area contributed by atoms with Crippen LogP contribution < -0.4 is 5.73 Å². The maximum Gasteiger partial charge on any atom is 0.199 e. The van der Waals surface area contributed by atoms with Gasteiger partial charge in [0.05, 0.1) is 19.0 Å². The van der Waals surface area contributed by atoms with Crippen molar-refractivity contribution in [3.63, 3.8) is 0 Å². The van der Waals surface area contributed by atoms with Crippen molar-refractivity contribution in [3.05, 3.63) is 23.1 Å². The monoisotopic (exact) mass is 317 g/mol. The van der Waals surface area contributed by atoms with Crippen LogP contribution in [0.15, 0.2) is 17.8 Å². The van der Waals surface area contributed by atoms with Gasteiger partial charge in [-0.2, -0.15) is 5.26 Å². The van der Waals surface area contributed by atoms with E-state index in [9.17, 15) is 15.5 Å². The quantitative estimate of drug-likeness (QED) is 0.380. The molecule has 0 radical (unpaired) electrons. The van der Waals surface area contributed by atoms with Crippen molar-refractivity contribution < 1.29 is 14.9 Å². The molecule has 23 heavy (non-hydrogen) atoms. The van der Waals surface area contributed by atoms with Gasteiger partial charge in [0, 0.05) is 4.91 Å². The molecule has 12 nitrogen and oxygen atoms in total. The molecule has 1 saturated heterocycles. The van der Waals surface area contributed by atoms with Gasteiger partial charge in [-0.05, 0) is 5.53 Å². The molecule has 12 heteroatoms. The highest BCUT2D eigenvalue weighted by atomic mass is 16.6. The number of nitriles is 1. The van der Waals surface area contributed by atoms with Gasteiger partial charge in [-0.15, -0.1) is 0 Å². The molecule has 0 spiro atoms. The first-order valence-electron chi connectivity index (χ1n) is 6.43. The molecule has 1 fully saturated rings. The average Bonchev–Trinajstić information content (AvgIpc) is 3.09. The summed E-state index contributed by atoms with van der Waals surface area (Å²) in [5.74, 6) is -0.981. The van der Waals surface area contributed by atoms with Gasteiger partial charge in [-0.1, -0.05) is 5.11 Å². The molecule has 2 aromatic rings. The summed E-state index contributed by atoms with van der Waals surface area (Å²) in [6.45, 7) is -0.795. The maximum absolute atomic E-state index is 10.3. The Bertz CT molecular complexity index is 839. The Labute approximate surface area is 128 Å². The number of imidazole rings is 1. The molecule has 3 rings (SSSR count). The van der Waals surface area contributed by atoms with Gasteiger partial charge in [0.15, 0.2) is 23.4 Å². The number of nitrogen functional groups attached to an aromatic ring is 1. The number of fused-ring (bicyclic) bond motifs is 1. The summed E-state index contributed by atoms with van der Waals surface area (Å²) in [5.41, 5.74) is 13.0. The van der Waals surface area contributed by atoms with Crippen LogP contribution in [-0.2, 0) is 4.74 Å². The molecule has 4 N–H and O–H groups in total. The number of aromatic nitrogens is 4. The van der Waals surface area contributed by atoms with Crippen LogP contribution in [0.5, 0.6) is 0 Å². The second kappa shape index (κ2) is 5.34. The minimum Gasteiger partial charge on any atom is -0.393 e. The lowest BCUT2D eigenvalue weighted by Crippen LogP contribution is -2.42. The fourth-order valence-electron chi connectivity index (χ4n) is 2.53. The number of azide groups is 1. The zero-order chi connectivity index (χ0) is 16.6. The minimum atomic E-state index is -1.96. The van der Waals surface area contributed by atoms with Crippen molar-refractivity contribution in [1.29, 1.82) is 5.26 Å². The summed E-state index contributed by atoms with van der Waals surface area (Å²) < 4.78 is 6.90. The summed E-state index contributed by atoms with van der Waals surface area (Å²) in [5, 5.41) is 32.4. The molecule has 118 valence electrons. The Kier molecular flexibility index (Phi) is 3.47. The molecule has 3 heterocycles. The number of aliphatic hydroxyl groups is 2. The summed E-state index contributed by atoms with van der Waals surface area (Å²) in [7, 11) is 0. The Morgan fingerprint density at radius 1 is 1.57 bits per heavy atom. The summed E-state index contributed by atoms with van der Waals surface area (Å²) in [6, 6.07) is 1.89. The minimum absolute atomic E-state index is 0.143. The number of nitrogens with zero attached hydrogens (tertiary/aromatic N) is 8. The van der Waals surface area contributed by atoms with Crippen LogP contribution in [0.2, 0.25) is 0 Å². The third-order valence-corrected chi connectivity index (χ3v) is 3.69. The van der Waals surface area contributed by atoms with Crippen LogP contribution in [0.25, 0.3) is 21.6 Å². The highest BCUT2D eigenvalue weighted by Gasteiger charge is 2.55. The van der Waals surface area contributed by atoms with Crippen LogP contribution in [0.1, 0.15) is 6.23 Å². The third-order valence-electron chi connectivity index (χ3n) is 3.69. The normalized spacial score (nSPS) is 30.0. The number of anilines is 1. The molecule has 0 saturated carbocycles. The highest BCUT2D eigenvalue weighted by Crippen LogP contribution is 2.43. The standard InChI is InChI=1S/C11H11N9O3/c12-1-5-7(22)11(2-21,18-19-14)23-10(5)20-4-17-6-8(13)15-3-16-9(6)20/h3-5,7,10,21-22H,2H2,(H2,13,15,16)/t5-,7-,10+,11+/m0/s1. The zero-order valence-corrected chi connectivity index (χ0v) is 11.6. The highest BCUT2D eigenvalue weighted by molar-refractivity contribution is 5.81. The predicted molar refractivity (Wildman–Crippen MR) is 73.9 cm³/mol. The number of nitrogens with two attached hydrogens (primary N) is 1. The van der Waals surface area contributed by atoms with Crippen molar-refractivity contribution >= 4 is 17.0 Å². The van der Waals surface area contributed by atoms with Gasteiger partial charge in [0.2, 0.25) is 0 Å². The molecular formula is C11H11N9O3. The first-order valence-corrected chi connectivity index (χ1v) is 6.43. The van der Waals surface area contributed by atoms with E-state index in [4.69, 9.17) is 16.0 Å². The fraction of sp³-hybridized carbons (Fsp3) is 0.455. The number of ether oxygens (including phenoxy) is 1. The summed E-state index contributed by atoms with van der Waals surface area (Å²) in [6.07, 6.45) is -0.0713.